The Labute approximate surface area is 232 Å². The third-order valence-corrected chi connectivity index (χ3v) is 8.49. The minimum absolute atomic E-state index is 0.123. The molecule has 1 N–H and O–H groups in total. The van der Waals surface area contributed by atoms with E-state index >= 15 is 0 Å². The number of rotatable bonds is 10. The summed E-state index contributed by atoms with van der Waals surface area (Å²) in [6.45, 7) is 2.08. The summed E-state index contributed by atoms with van der Waals surface area (Å²) in [5.74, 6) is 0.463. The zero-order valence-corrected chi connectivity index (χ0v) is 23.5. The lowest BCUT2D eigenvalue weighted by Gasteiger charge is -2.33. The zero-order chi connectivity index (χ0) is 25.4. The summed E-state index contributed by atoms with van der Waals surface area (Å²) in [5, 5.41) is 5.25. The van der Waals surface area contributed by atoms with E-state index < -0.39 is 6.04 Å². The van der Waals surface area contributed by atoms with Crippen LogP contribution < -0.4 is 5.32 Å². The van der Waals surface area contributed by atoms with Gasteiger partial charge in [0.1, 0.15) is 6.04 Å². The number of benzene rings is 2. The number of hydrogen-bond acceptors (Lipinski definition) is 3. The van der Waals surface area contributed by atoms with E-state index in [4.69, 9.17) is 46.4 Å². The van der Waals surface area contributed by atoms with Crippen LogP contribution in [-0.4, -0.2) is 34.6 Å². The zero-order valence-electron chi connectivity index (χ0n) is 19.7. The third-order valence-electron chi connectivity index (χ3n) is 6.23. The molecule has 0 spiro atoms. The van der Waals surface area contributed by atoms with E-state index in [2.05, 4.69) is 5.32 Å². The number of nitrogens with one attached hydrogen (secondary N) is 1. The smallest absolute Gasteiger partial charge is 0.243 e. The Morgan fingerprint density at radius 3 is 2.34 bits per heavy atom. The summed E-state index contributed by atoms with van der Waals surface area (Å²) in [5.41, 5.74) is 1.54. The van der Waals surface area contributed by atoms with Gasteiger partial charge in [-0.15, -0.1) is 11.8 Å². The molecule has 2 amide bonds. The van der Waals surface area contributed by atoms with Gasteiger partial charge in [-0.2, -0.15) is 0 Å². The van der Waals surface area contributed by atoms with Gasteiger partial charge < -0.3 is 10.2 Å². The lowest BCUT2D eigenvalue weighted by molar-refractivity contribution is -0.139. The fraction of sp³-hybridized carbons (Fsp3) is 0.462. The second-order valence-corrected chi connectivity index (χ2v) is 11.4. The van der Waals surface area contributed by atoms with E-state index in [1.807, 2.05) is 13.0 Å². The maximum absolute atomic E-state index is 13.5. The molecule has 190 valence electrons. The lowest BCUT2D eigenvalue weighted by atomic mass is 9.95. The Kier molecular flexibility index (Phi) is 11.4. The minimum Gasteiger partial charge on any atom is -0.352 e. The molecule has 1 fully saturated rings. The van der Waals surface area contributed by atoms with Crippen LogP contribution in [0.4, 0.5) is 0 Å². The summed E-state index contributed by atoms with van der Waals surface area (Å²) in [6, 6.07) is 10.1. The first kappa shape index (κ1) is 28.5. The highest BCUT2D eigenvalue weighted by atomic mass is 35.5. The van der Waals surface area contributed by atoms with Crippen LogP contribution in [0, 0.1) is 0 Å². The van der Waals surface area contributed by atoms with Crippen molar-refractivity contribution < 1.29 is 9.59 Å². The molecular weight excluding hydrogens is 546 g/mol. The largest absolute Gasteiger partial charge is 0.352 e. The van der Waals surface area contributed by atoms with Crippen LogP contribution in [0.2, 0.25) is 20.1 Å². The Morgan fingerprint density at radius 1 is 1.03 bits per heavy atom. The van der Waals surface area contributed by atoms with E-state index in [-0.39, 0.29) is 30.2 Å². The first-order valence-electron chi connectivity index (χ1n) is 11.8. The summed E-state index contributed by atoms with van der Waals surface area (Å²) in [6.07, 6.45) is 5.87. The van der Waals surface area contributed by atoms with Crippen LogP contribution in [0.25, 0.3) is 0 Å². The normalized spacial score (nSPS) is 15.0. The van der Waals surface area contributed by atoms with Gasteiger partial charge >= 0.3 is 0 Å². The third kappa shape index (κ3) is 8.19. The van der Waals surface area contributed by atoms with Gasteiger partial charge in [-0.1, -0.05) is 84.7 Å². The Balaban J connectivity index is 1.76. The summed E-state index contributed by atoms with van der Waals surface area (Å²) in [7, 11) is 0. The number of carbonyl (C=O) groups excluding carboxylic acids is 2. The van der Waals surface area contributed by atoms with Crippen molar-refractivity contribution in [2.24, 2.45) is 0 Å². The van der Waals surface area contributed by atoms with E-state index in [1.54, 1.807) is 35.2 Å². The molecule has 1 aliphatic carbocycles. The van der Waals surface area contributed by atoms with Crippen molar-refractivity contribution in [2.45, 2.75) is 69.8 Å². The predicted octanol–water partition coefficient (Wildman–Crippen LogP) is 7.79. The van der Waals surface area contributed by atoms with Crippen molar-refractivity contribution >= 4 is 70.0 Å². The first-order valence-corrected chi connectivity index (χ1v) is 14.5. The Bertz CT molecular complexity index is 1010. The minimum atomic E-state index is -0.614. The second kappa shape index (κ2) is 14.0. The molecular formula is C26H30Cl4N2O2S. The molecule has 1 atom stereocenters. The molecule has 0 unspecified atom stereocenters. The topological polar surface area (TPSA) is 49.4 Å². The quantitative estimate of drug-likeness (QED) is 0.314. The summed E-state index contributed by atoms with van der Waals surface area (Å²) >= 11 is 26.6. The first-order chi connectivity index (χ1) is 16.8. The number of thioether (sulfide) groups is 1. The van der Waals surface area contributed by atoms with Gasteiger partial charge in [0.15, 0.2) is 0 Å². The fourth-order valence-electron chi connectivity index (χ4n) is 4.29. The highest BCUT2D eigenvalue weighted by Gasteiger charge is 2.31. The van der Waals surface area contributed by atoms with Crippen molar-refractivity contribution in [3.63, 3.8) is 0 Å². The number of nitrogens with zero attached hydrogens (tertiary/aromatic N) is 1. The SMILES string of the molecule is CC[C@@H](C(=O)NC1CCCCC1)N(Cc1c(Cl)cccc1Cl)C(=O)CSCc1ccc(Cl)cc1Cl. The van der Waals surface area contributed by atoms with Crippen molar-refractivity contribution in [3.8, 4) is 0 Å². The second-order valence-electron chi connectivity index (χ2n) is 8.72. The molecule has 0 radical (unpaired) electrons. The van der Waals surface area contributed by atoms with Gasteiger partial charge in [-0.25, -0.2) is 0 Å². The lowest BCUT2D eigenvalue weighted by Crippen LogP contribution is -2.52. The van der Waals surface area contributed by atoms with E-state index in [0.717, 1.165) is 31.2 Å². The Hall–Kier alpha value is -1.11. The highest BCUT2D eigenvalue weighted by Crippen LogP contribution is 2.29. The molecule has 1 aliphatic rings. The molecule has 35 heavy (non-hydrogen) atoms. The molecule has 4 nitrogen and oxygen atoms in total. The fourth-order valence-corrected chi connectivity index (χ4v) is 6.27. The summed E-state index contributed by atoms with van der Waals surface area (Å²) in [4.78, 5) is 28.4. The highest BCUT2D eigenvalue weighted by molar-refractivity contribution is 7.99. The van der Waals surface area contributed by atoms with Gasteiger partial charge in [0.05, 0.1) is 5.75 Å². The average Bonchev–Trinajstić information content (AvgIpc) is 2.82. The van der Waals surface area contributed by atoms with Crippen molar-refractivity contribution in [1.29, 1.82) is 0 Å². The van der Waals surface area contributed by atoms with Crippen LogP contribution in [0.3, 0.4) is 0 Å². The molecule has 9 heteroatoms. The van der Waals surface area contributed by atoms with Crippen LogP contribution in [0.15, 0.2) is 36.4 Å². The van der Waals surface area contributed by atoms with Gasteiger partial charge in [0.2, 0.25) is 11.8 Å². The molecule has 3 rings (SSSR count). The van der Waals surface area contributed by atoms with Gasteiger partial charge in [0.25, 0.3) is 0 Å². The molecule has 1 saturated carbocycles. The van der Waals surface area contributed by atoms with Gasteiger partial charge in [-0.3, -0.25) is 9.59 Å². The van der Waals surface area contributed by atoms with E-state index in [9.17, 15) is 9.59 Å². The molecule has 2 aromatic rings. The van der Waals surface area contributed by atoms with Gasteiger partial charge in [0, 0.05) is 44.0 Å². The standard InChI is InChI=1S/C26H30Cl4N2O2S/c1-2-24(26(34)31-19-7-4-3-5-8-19)32(14-20-21(28)9-6-10-22(20)29)25(33)16-35-15-17-11-12-18(27)13-23(17)30/h6,9-13,19,24H,2-5,7-8,14-16H2,1H3,(H,31,34)/t24-/m0/s1. The van der Waals surface area contributed by atoms with Gasteiger partial charge in [-0.05, 0) is 49.1 Å². The van der Waals surface area contributed by atoms with Crippen LogP contribution >= 0.6 is 58.2 Å². The number of carbonyl (C=O) groups is 2. The maximum Gasteiger partial charge on any atom is 0.243 e. The van der Waals surface area contributed by atoms with E-state index in [0.29, 0.717) is 37.8 Å². The predicted molar refractivity (Wildman–Crippen MR) is 149 cm³/mol. The molecule has 0 heterocycles. The number of halogens is 4. The average molecular weight is 576 g/mol. The Morgan fingerprint density at radius 2 is 1.71 bits per heavy atom. The molecule has 0 saturated heterocycles. The van der Waals surface area contributed by atoms with Crippen molar-refractivity contribution in [2.75, 3.05) is 5.75 Å². The molecule has 0 bridgehead atoms. The maximum atomic E-state index is 13.5. The molecule has 2 aromatic carbocycles. The van der Waals surface area contributed by atoms with Crippen LogP contribution in [-0.2, 0) is 21.9 Å². The van der Waals surface area contributed by atoms with Crippen LogP contribution in [0.1, 0.15) is 56.6 Å². The van der Waals surface area contributed by atoms with Crippen LogP contribution in [0.5, 0.6) is 0 Å². The van der Waals surface area contributed by atoms with Crippen molar-refractivity contribution in [1.82, 2.24) is 10.2 Å². The molecule has 0 aliphatic heterocycles. The van der Waals surface area contributed by atoms with Crippen molar-refractivity contribution in [3.05, 3.63) is 67.6 Å². The monoisotopic (exact) mass is 574 g/mol. The number of amides is 2. The van der Waals surface area contributed by atoms with E-state index in [1.165, 1.54) is 18.2 Å². The summed E-state index contributed by atoms with van der Waals surface area (Å²) < 4.78 is 0. The number of hydrogen-bond donors (Lipinski definition) is 1. The molecule has 0 aromatic heterocycles.